The molecule has 0 fully saturated rings. The van der Waals surface area contributed by atoms with Gasteiger partial charge in [0.2, 0.25) is 5.95 Å². The normalized spacial score (nSPS) is 10.2. The first-order chi connectivity index (χ1) is 8.56. The van der Waals surface area contributed by atoms with Gasteiger partial charge in [-0.1, -0.05) is 17.7 Å². The third-order valence-corrected chi connectivity index (χ3v) is 2.48. The molecule has 0 aliphatic carbocycles. The van der Waals surface area contributed by atoms with Gasteiger partial charge in [-0.15, -0.1) is 5.10 Å². The molecular weight excluding hydrogens is 254 g/mol. The molecule has 7 heteroatoms. The highest BCUT2D eigenvalue weighted by Crippen LogP contribution is 2.07. The van der Waals surface area contributed by atoms with E-state index in [0.29, 0.717) is 11.4 Å². The number of halogens is 1. The fraction of sp³-hybridized carbons (Fsp3) is 0.182. The highest BCUT2D eigenvalue weighted by atomic mass is 35.5. The summed E-state index contributed by atoms with van der Waals surface area (Å²) in [4.78, 5) is 19.8. The van der Waals surface area contributed by atoms with Gasteiger partial charge in [0.25, 0.3) is 5.91 Å². The van der Waals surface area contributed by atoms with Crippen LogP contribution in [0.15, 0.2) is 18.2 Å². The van der Waals surface area contributed by atoms with E-state index < -0.39 is 5.91 Å². The SMILES string of the molecule is Cc1nnc(NC(=O)c2cccc(Cl)n2)nc1C. The van der Waals surface area contributed by atoms with Crippen molar-refractivity contribution in [3.05, 3.63) is 40.4 Å². The van der Waals surface area contributed by atoms with E-state index in [-0.39, 0.29) is 16.8 Å². The summed E-state index contributed by atoms with van der Waals surface area (Å²) >= 11 is 5.70. The second-order valence-corrected chi connectivity index (χ2v) is 3.99. The van der Waals surface area contributed by atoms with Gasteiger partial charge in [-0.3, -0.25) is 10.1 Å². The van der Waals surface area contributed by atoms with Crippen LogP contribution in [0.5, 0.6) is 0 Å². The van der Waals surface area contributed by atoms with E-state index in [2.05, 4.69) is 25.5 Å². The van der Waals surface area contributed by atoms with E-state index >= 15 is 0 Å². The minimum Gasteiger partial charge on any atom is -0.288 e. The number of carbonyl (C=O) groups is 1. The Balaban J connectivity index is 2.18. The minimum absolute atomic E-state index is 0.143. The maximum Gasteiger partial charge on any atom is 0.276 e. The molecule has 2 aromatic heterocycles. The molecule has 2 rings (SSSR count). The highest BCUT2D eigenvalue weighted by molar-refractivity contribution is 6.29. The predicted octanol–water partition coefficient (Wildman–Crippen LogP) is 1.79. The van der Waals surface area contributed by atoms with Crippen molar-refractivity contribution in [2.24, 2.45) is 0 Å². The Labute approximate surface area is 108 Å². The summed E-state index contributed by atoms with van der Waals surface area (Å²) in [5, 5.41) is 10.4. The smallest absolute Gasteiger partial charge is 0.276 e. The van der Waals surface area contributed by atoms with Gasteiger partial charge in [-0.25, -0.2) is 9.97 Å². The lowest BCUT2D eigenvalue weighted by molar-refractivity contribution is 0.102. The quantitative estimate of drug-likeness (QED) is 0.836. The summed E-state index contributed by atoms with van der Waals surface area (Å²) in [6.45, 7) is 3.58. The van der Waals surface area contributed by atoms with Crippen LogP contribution in [0.3, 0.4) is 0 Å². The molecule has 0 spiro atoms. The van der Waals surface area contributed by atoms with Crippen molar-refractivity contribution in [2.75, 3.05) is 5.32 Å². The average Bonchev–Trinajstić information content (AvgIpc) is 2.34. The van der Waals surface area contributed by atoms with Crippen molar-refractivity contribution in [1.82, 2.24) is 20.2 Å². The molecule has 6 nitrogen and oxygen atoms in total. The number of rotatable bonds is 2. The Morgan fingerprint density at radius 3 is 2.61 bits per heavy atom. The van der Waals surface area contributed by atoms with E-state index in [9.17, 15) is 4.79 Å². The van der Waals surface area contributed by atoms with Crippen LogP contribution in [0.1, 0.15) is 21.9 Å². The maximum atomic E-state index is 11.8. The largest absolute Gasteiger partial charge is 0.288 e. The van der Waals surface area contributed by atoms with Gasteiger partial charge in [0.05, 0.1) is 11.4 Å². The van der Waals surface area contributed by atoms with Gasteiger partial charge < -0.3 is 0 Å². The number of nitrogens with zero attached hydrogens (tertiary/aromatic N) is 4. The molecule has 2 heterocycles. The van der Waals surface area contributed by atoms with Crippen LogP contribution in [0.4, 0.5) is 5.95 Å². The molecule has 92 valence electrons. The van der Waals surface area contributed by atoms with Crippen molar-refractivity contribution in [2.45, 2.75) is 13.8 Å². The molecule has 2 aromatic rings. The lowest BCUT2D eigenvalue weighted by Gasteiger charge is -2.04. The number of anilines is 1. The Morgan fingerprint density at radius 2 is 1.94 bits per heavy atom. The van der Waals surface area contributed by atoms with E-state index in [1.165, 1.54) is 0 Å². The first-order valence-corrected chi connectivity index (χ1v) is 5.56. The molecule has 0 aromatic carbocycles. The number of carbonyl (C=O) groups excluding carboxylic acids is 1. The molecule has 1 N–H and O–H groups in total. The number of nitrogens with one attached hydrogen (secondary N) is 1. The molecular formula is C11H10ClN5O. The van der Waals surface area contributed by atoms with Crippen molar-refractivity contribution in [1.29, 1.82) is 0 Å². The monoisotopic (exact) mass is 263 g/mol. The van der Waals surface area contributed by atoms with Crippen LogP contribution in [0.25, 0.3) is 0 Å². The first-order valence-electron chi connectivity index (χ1n) is 5.18. The van der Waals surface area contributed by atoms with Crippen LogP contribution in [0.2, 0.25) is 5.15 Å². The lowest BCUT2D eigenvalue weighted by atomic mass is 10.3. The van der Waals surface area contributed by atoms with Gasteiger partial charge in [0, 0.05) is 0 Å². The zero-order valence-electron chi connectivity index (χ0n) is 9.81. The van der Waals surface area contributed by atoms with Crippen molar-refractivity contribution >= 4 is 23.5 Å². The third kappa shape index (κ3) is 2.78. The van der Waals surface area contributed by atoms with Gasteiger partial charge >= 0.3 is 0 Å². The lowest BCUT2D eigenvalue weighted by Crippen LogP contribution is -2.16. The Bertz CT molecular complexity index is 602. The number of hydrogen-bond acceptors (Lipinski definition) is 5. The zero-order valence-corrected chi connectivity index (χ0v) is 10.6. The molecule has 0 aliphatic rings. The van der Waals surface area contributed by atoms with Crippen LogP contribution < -0.4 is 5.32 Å². The molecule has 0 saturated carbocycles. The fourth-order valence-electron chi connectivity index (χ4n) is 1.21. The molecule has 0 atom stereocenters. The van der Waals surface area contributed by atoms with Gasteiger partial charge in [0.15, 0.2) is 0 Å². The molecule has 0 aliphatic heterocycles. The van der Waals surface area contributed by atoms with Gasteiger partial charge in [-0.05, 0) is 26.0 Å². The second kappa shape index (κ2) is 5.05. The highest BCUT2D eigenvalue weighted by Gasteiger charge is 2.10. The number of amides is 1. The van der Waals surface area contributed by atoms with E-state index in [1.807, 2.05) is 0 Å². The predicted molar refractivity (Wildman–Crippen MR) is 66.5 cm³/mol. The van der Waals surface area contributed by atoms with E-state index in [0.717, 1.165) is 0 Å². The number of hydrogen-bond donors (Lipinski definition) is 1. The number of aromatic nitrogens is 4. The van der Waals surface area contributed by atoms with Crippen molar-refractivity contribution < 1.29 is 4.79 Å². The molecule has 18 heavy (non-hydrogen) atoms. The third-order valence-electron chi connectivity index (χ3n) is 2.27. The summed E-state index contributed by atoms with van der Waals surface area (Å²) in [6.07, 6.45) is 0. The molecule has 0 unspecified atom stereocenters. The molecule has 0 radical (unpaired) electrons. The van der Waals surface area contributed by atoms with E-state index in [4.69, 9.17) is 11.6 Å². The fourth-order valence-corrected chi connectivity index (χ4v) is 1.37. The Morgan fingerprint density at radius 1 is 1.17 bits per heavy atom. The van der Waals surface area contributed by atoms with Crippen LogP contribution >= 0.6 is 11.6 Å². The molecule has 1 amide bonds. The van der Waals surface area contributed by atoms with Crippen LogP contribution in [0, 0.1) is 13.8 Å². The maximum absolute atomic E-state index is 11.8. The van der Waals surface area contributed by atoms with Gasteiger partial charge in [0.1, 0.15) is 10.8 Å². The summed E-state index contributed by atoms with van der Waals surface area (Å²) in [5.74, 6) is -0.285. The van der Waals surface area contributed by atoms with E-state index in [1.54, 1.807) is 32.0 Å². The summed E-state index contributed by atoms with van der Waals surface area (Å²) in [5.41, 5.74) is 1.62. The van der Waals surface area contributed by atoms with Crippen LogP contribution in [-0.4, -0.2) is 26.1 Å². The molecule has 0 saturated heterocycles. The topological polar surface area (TPSA) is 80.7 Å². The second-order valence-electron chi connectivity index (χ2n) is 3.61. The van der Waals surface area contributed by atoms with Gasteiger partial charge in [-0.2, -0.15) is 5.10 Å². The summed E-state index contributed by atoms with van der Waals surface area (Å²) < 4.78 is 0. The summed E-state index contributed by atoms with van der Waals surface area (Å²) in [7, 11) is 0. The Kier molecular flexibility index (Phi) is 3.47. The Hall–Kier alpha value is -2.08. The van der Waals surface area contributed by atoms with Crippen molar-refractivity contribution in [3.8, 4) is 0 Å². The summed E-state index contributed by atoms with van der Waals surface area (Å²) in [6, 6.07) is 4.78. The number of pyridine rings is 1. The first kappa shape index (κ1) is 12.4. The minimum atomic E-state index is -0.428. The average molecular weight is 264 g/mol. The zero-order chi connectivity index (χ0) is 13.1. The molecule has 0 bridgehead atoms. The van der Waals surface area contributed by atoms with Crippen LogP contribution in [-0.2, 0) is 0 Å². The number of aryl methyl sites for hydroxylation is 2. The van der Waals surface area contributed by atoms with Crippen molar-refractivity contribution in [3.63, 3.8) is 0 Å². The standard InChI is InChI=1S/C11H10ClN5O/c1-6-7(2)16-17-11(13-6)15-10(18)8-4-3-5-9(12)14-8/h3-5H,1-2H3,(H,13,15,17,18).